The van der Waals surface area contributed by atoms with Crippen LogP contribution in [0.4, 0.5) is 0 Å². The first-order valence-electron chi connectivity index (χ1n) is 5.20. The van der Waals surface area contributed by atoms with Crippen molar-refractivity contribution < 1.29 is 4.79 Å². The van der Waals surface area contributed by atoms with Crippen LogP contribution in [-0.2, 0) is 4.79 Å². The Bertz CT molecular complexity index is 217. The van der Waals surface area contributed by atoms with Gasteiger partial charge in [0.2, 0.25) is 5.91 Å². The van der Waals surface area contributed by atoms with E-state index in [2.05, 4.69) is 12.2 Å². The maximum atomic E-state index is 11.4. The zero-order valence-electron chi connectivity index (χ0n) is 8.42. The van der Waals surface area contributed by atoms with Crippen LogP contribution in [0.15, 0.2) is 0 Å². The lowest BCUT2D eigenvalue weighted by atomic mass is 10.2. The number of hydrogen-bond donors (Lipinski definition) is 1. The average Bonchev–Trinajstić information content (AvgIpc) is 2.39. The molecule has 2 bridgehead atoms. The van der Waals surface area contributed by atoms with Crippen molar-refractivity contribution in [2.45, 2.75) is 51.2 Å². The zero-order valence-corrected chi connectivity index (χ0v) is 8.42. The van der Waals surface area contributed by atoms with Crippen molar-refractivity contribution >= 4 is 5.91 Å². The van der Waals surface area contributed by atoms with Gasteiger partial charge < -0.3 is 10.2 Å². The van der Waals surface area contributed by atoms with E-state index in [1.807, 2.05) is 4.90 Å². The lowest BCUT2D eigenvalue weighted by molar-refractivity contribution is -0.131. The third-order valence-corrected chi connectivity index (χ3v) is 3.24. The fourth-order valence-electron chi connectivity index (χ4n) is 2.68. The highest BCUT2D eigenvalue weighted by atomic mass is 16.2. The summed E-state index contributed by atoms with van der Waals surface area (Å²) in [4.78, 5) is 13.4. The van der Waals surface area contributed by atoms with Gasteiger partial charge in [-0.05, 0) is 26.2 Å². The number of amides is 1. The SMILES string of the molecule is CC(=O)N1CC(C)NC2CCC1C2. The van der Waals surface area contributed by atoms with Crippen LogP contribution in [0.2, 0.25) is 0 Å². The molecule has 1 heterocycles. The summed E-state index contributed by atoms with van der Waals surface area (Å²) in [6.07, 6.45) is 3.58. The van der Waals surface area contributed by atoms with Crippen LogP contribution in [0.3, 0.4) is 0 Å². The molecule has 1 N–H and O–H groups in total. The van der Waals surface area contributed by atoms with E-state index in [9.17, 15) is 4.79 Å². The molecule has 2 aliphatic rings. The van der Waals surface area contributed by atoms with Crippen molar-refractivity contribution in [3.63, 3.8) is 0 Å². The van der Waals surface area contributed by atoms with Gasteiger partial charge in [0, 0.05) is 31.6 Å². The number of nitrogens with one attached hydrogen (secondary N) is 1. The Labute approximate surface area is 79.5 Å². The van der Waals surface area contributed by atoms with Gasteiger partial charge in [-0.2, -0.15) is 0 Å². The minimum Gasteiger partial charge on any atom is -0.338 e. The Morgan fingerprint density at radius 3 is 2.92 bits per heavy atom. The summed E-state index contributed by atoms with van der Waals surface area (Å²) in [5.41, 5.74) is 0. The minimum absolute atomic E-state index is 0.237. The summed E-state index contributed by atoms with van der Waals surface area (Å²) in [6, 6.07) is 1.63. The Kier molecular flexibility index (Phi) is 2.28. The molecule has 1 aliphatic carbocycles. The summed E-state index contributed by atoms with van der Waals surface area (Å²) in [5, 5.41) is 3.56. The molecule has 0 aromatic carbocycles. The fraction of sp³-hybridized carbons (Fsp3) is 0.900. The number of carbonyl (C=O) groups excluding carboxylic acids is 1. The third kappa shape index (κ3) is 1.70. The van der Waals surface area contributed by atoms with Gasteiger partial charge in [0.1, 0.15) is 0 Å². The smallest absolute Gasteiger partial charge is 0.219 e. The van der Waals surface area contributed by atoms with Gasteiger partial charge in [-0.3, -0.25) is 4.79 Å². The maximum absolute atomic E-state index is 11.4. The van der Waals surface area contributed by atoms with Crippen LogP contribution in [0.25, 0.3) is 0 Å². The number of hydrogen-bond acceptors (Lipinski definition) is 2. The summed E-state index contributed by atoms with van der Waals surface area (Å²) in [5.74, 6) is 0.237. The first kappa shape index (κ1) is 9.00. The molecule has 0 spiro atoms. The zero-order chi connectivity index (χ0) is 9.42. The molecule has 3 atom stereocenters. The van der Waals surface area contributed by atoms with Crippen molar-refractivity contribution in [1.29, 1.82) is 0 Å². The maximum Gasteiger partial charge on any atom is 0.219 e. The fourth-order valence-corrected chi connectivity index (χ4v) is 2.68. The first-order valence-corrected chi connectivity index (χ1v) is 5.20. The Morgan fingerprint density at radius 2 is 2.23 bits per heavy atom. The molecular formula is C10H18N2O. The van der Waals surface area contributed by atoms with Crippen LogP contribution in [0.5, 0.6) is 0 Å². The molecule has 13 heavy (non-hydrogen) atoms. The Balaban J connectivity index is 2.12. The van der Waals surface area contributed by atoms with E-state index in [4.69, 9.17) is 0 Å². The van der Waals surface area contributed by atoms with Gasteiger partial charge in [-0.15, -0.1) is 0 Å². The second-order valence-electron chi connectivity index (χ2n) is 4.40. The average molecular weight is 182 g/mol. The summed E-state index contributed by atoms with van der Waals surface area (Å²) in [7, 11) is 0. The molecule has 1 saturated heterocycles. The van der Waals surface area contributed by atoms with Crippen LogP contribution >= 0.6 is 0 Å². The van der Waals surface area contributed by atoms with E-state index >= 15 is 0 Å². The molecule has 0 radical (unpaired) electrons. The van der Waals surface area contributed by atoms with E-state index in [0.29, 0.717) is 18.1 Å². The van der Waals surface area contributed by atoms with Gasteiger partial charge in [-0.1, -0.05) is 0 Å². The van der Waals surface area contributed by atoms with Crippen molar-refractivity contribution in [2.24, 2.45) is 0 Å². The number of fused-ring (bicyclic) bond motifs is 2. The number of nitrogens with zero attached hydrogens (tertiary/aromatic N) is 1. The van der Waals surface area contributed by atoms with E-state index in [0.717, 1.165) is 13.0 Å². The molecule has 0 aromatic rings. The molecule has 2 rings (SSSR count). The molecule has 0 aromatic heterocycles. The van der Waals surface area contributed by atoms with Crippen molar-refractivity contribution in [3.8, 4) is 0 Å². The largest absolute Gasteiger partial charge is 0.338 e. The molecule has 1 amide bonds. The molecule has 1 saturated carbocycles. The van der Waals surface area contributed by atoms with Crippen LogP contribution in [-0.4, -0.2) is 35.5 Å². The monoisotopic (exact) mass is 182 g/mol. The standard InChI is InChI=1S/C10H18N2O/c1-7-6-12(8(2)13)10-4-3-9(5-10)11-7/h7,9-11H,3-6H2,1-2H3. The highest BCUT2D eigenvalue weighted by Gasteiger charge is 2.34. The second-order valence-corrected chi connectivity index (χ2v) is 4.40. The quantitative estimate of drug-likeness (QED) is 0.599. The molecular weight excluding hydrogens is 164 g/mol. The minimum atomic E-state index is 0.237. The number of rotatable bonds is 0. The molecule has 3 unspecified atom stereocenters. The summed E-state index contributed by atoms with van der Waals surface area (Å²) < 4.78 is 0. The first-order chi connectivity index (χ1) is 6.16. The van der Waals surface area contributed by atoms with Crippen LogP contribution in [0, 0.1) is 0 Å². The van der Waals surface area contributed by atoms with Gasteiger partial charge >= 0.3 is 0 Å². The summed E-state index contributed by atoms with van der Waals surface area (Å²) >= 11 is 0. The molecule has 74 valence electrons. The van der Waals surface area contributed by atoms with Crippen molar-refractivity contribution in [1.82, 2.24) is 10.2 Å². The Morgan fingerprint density at radius 1 is 1.46 bits per heavy atom. The predicted molar refractivity (Wildman–Crippen MR) is 51.4 cm³/mol. The van der Waals surface area contributed by atoms with Crippen LogP contribution in [0.1, 0.15) is 33.1 Å². The van der Waals surface area contributed by atoms with E-state index in [1.165, 1.54) is 12.8 Å². The topological polar surface area (TPSA) is 32.3 Å². The number of carbonyl (C=O) groups is 1. The van der Waals surface area contributed by atoms with Gasteiger partial charge in [0.15, 0.2) is 0 Å². The molecule has 3 heteroatoms. The van der Waals surface area contributed by atoms with Gasteiger partial charge in [-0.25, -0.2) is 0 Å². The van der Waals surface area contributed by atoms with E-state index in [1.54, 1.807) is 6.92 Å². The lowest BCUT2D eigenvalue weighted by Crippen LogP contribution is -2.44. The highest BCUT2D eigenvalue weighted by Crippen LogP contribution is 2.27. The normalized spacial score (nSPS) is 38.9. The highest BCUT2D eigenvalue weighted by molar-refractivity contribution is 5.73. The lowest BCUT2D eigenvalue weighted by Gasteiger charge is -2.29. The van der Waals surface area contributed by atoms with Gasteiger partial charge in [0.05, 0.1) is 0 Å². The summed E-state index contributed by atoms with van der Waals surface area (Å²) in [6.45, 7) is 4.73. The van der Waals surface area contributed by atoms with Crippen molar-refractivity contribution in [3.05, 3.63) is 0 Å². The molecule has 3 nitrogen and oxygen atoms in total. The Hall–Kier alpha value is -0.570. The molecule has 2 fully saturated rings. The molecule has 1 aliphatic heterocycles. The van der Waals surface area contributed by atoms with E-state index < -0.39 is 0 Å². The van der Waals surface area contributed by atoms with Crippen molar-refractivity contribution in [2.75, 3.05) is 6.54 Å². The third-order valence-electron chi connectivity index (χ3n) is 3.24. The van der Waals surface area contributed by atoms with E-state index in [-0.39, 0.29) is 5.91 Å². The predicted octanol–water partition coefficient (Wildman–Crippen LogP) is 0.748. The van der Waals surface area contributed by atoms with Crippen LogP contribution < -0.4 is 5.32 Å². The second kappa shape index (κ2) is 3.29. The van der Waals surface area contributed by atoms with Gasteiger partial charge in [0.25, 0.3) is 0 Å².